The molecule has 1 unspecified atom stereocenters. The van der Waals surface area contributed by atoms with Gasteiger partial charge in [-0.3, -0.25) is 0 Å². The normalized spacial score (nSPS) is 23.9. The van der Waals surface area contributed by atoms with Gasteiger partial charge in [-0.25, -0.2) is 0 Å². The Bertz CT molecular complexity index is 417. The molecule has 2 aliphatic rings. The van der Waals surface area contributed by atoms with Gasteiger partial charge in [-0.2, -0.15) is 0 Å². The van der Waals surface area contributed by atoms with Crippen molar-refractivity contribution in [3.05, 3.63) is 41.0 Å². The molecule has 0 spiro atoms. The quantitative estimate of drug-likeness (QED) is 0.676. The Balaban J connectivity index is 1.98. The second kappa shape index (κ2) is 3.49. The SMILES string of the molecule is COC1CCC2=C(C1)c1ccccc1C2. The number of ether oxygens (including phenoxy) is 1. The summed E-state index contributed by atoms with van der Waals surface area (Å²) in [6, 6.07) is 8.81. The second-order valence-electron chi connectivity index (χ2n) is 4.52. The molecule has 0 amide bonds. The van der Waals surface area contributed by atoms with Crippen LogP contribution in [0.5, 0.6) is 0 Å². The lowest BCUT2D eigenvalue weighted by molar-refractivity contribution is 0.0966. The fraction of sp³-hybridized carbons (Fsp3) is 0.429. The number of rotatable bonds is 1. The summed E-state index contributed by atoms with van der Waals surface area (Å²) in [5.41, 5.74) is 6.22. The number of methoxy groups -OCH3 is 1. The summed E-state index contributed by atoms with van der Waals surface area (Å²) in [6.07, 6.45) is 5.16. The molecule has 2 aliphatic carbocycles. The molecule has 3 rings (SSSR count). The van der Waals surface area contributed by atoms with Crippen LogP contribution in [0.3, 0.4) is 0 Å². The molecule has 1 atom stereocenters. The van der Waals surface area contributed by atoms with Crippen molar-refractivity contribution < 1.29 is 4.74 Å². The van der Waals surface area contributed by atoms with Crippen LogP contribution < -0.4 is 0 Å². The van der Waals surface area contributed by atoms with Gasteiger partial charge in [0.25, 0.3) is 0 Å². The van der Waals surface area contributed by atoms with Crippen molar-refractivity contribution in [2.75, 3.05) is 7.11 Å². The van der Waals surface area contributed by atoms with E-state index >= 15 is 0 Å². The Morgan fingerprint density at radius 1 is 1.27 bits per heavy atom. The highest BCUT2D eigenvalue weighted by Gasteiger charge is 2.27. The highest BCUT2D eigenvalue weighted by molar-refractivity contribution is 5.77. The highest BCUT2D eigenvalue weighted by atomic mass is 16.5. The van der Waals surface area contributed by atoms with Gasteiger partial charge in [0.15, 0.2) is 0 Å². The average Bonchev–Trinajstić information content (AvgIpc) is 2.66. The van der Waals surface area contributed by atoms with Crippen LogP contribution in [0, 0.1) is 0 Å². The predicted octanol–water partition coefficient (Wildman–Crippen LogP) is 3.20. The molecule has 0 saturated heterocycles. The van der Waals surface area contributed by atoms with Crippen molar-refractivity contribution in [2.24, 2.45) is 0 Å². The van der Waals surface area contributed by atoms with E-state index < -0.39 is 0 Å². The molecule has 0 fully saturated rings. The zero-order valence-electron chi connectivity index (χ0n) is 9.12. The molecule has 0 radical (unpaired) electrons. The third-order valence-electron chi connectivity index (χ3n) is 3.71. The minimum Gasteiger partial charge on any atom is -0.381 e. The summed E-state index contributed by atoms with van der Waals surface area (Å²) >= 11 is 0. The molecule has 78 valence electrons. The molecule has 1 aromatic rings. The van der Waals surface area contributed by atoms with Crippen LogP contribution >= 0.6 is 0 Å². The van der Waals surface area contributed by atoms with Crippen LogP contribution in [-0.4, -0.2) is 13.2 Å². The van der Waals surface area contributed by atoms with Crippen molar-refractivity contribution in [2.45, 2.75) is 31.8 Å². The summed E-state index contributed by atoms with van der Waals surface area (Å²) in [7, 11) is 1.83. The molecule has 1 aromatic carbocycles. The lowest BCUT2D eigenvalue weighted by atomic mass is 9.90. The molecular formula is C14H16O. The molecule has 0 bridgehead atoms. The number of benzene rings is 1. The molecule has 1 heteroatoms. The van der Waals surface area contributed by atoms with E-state index in [1.165, 1.54) is 30.4 Å². The molecule has 0 aromatic heterocycles. The summed E-state index contributed by atoms with van der Waals surface area (Å²) in [5, 5.41) is 0. The zero-order valence-corrected chi connectivity index (χ0v) is 9.12. The molecule has 0 aliphatic heterocycles. The predicted molar refractivity (Wildman–Crippen MR) is 61.7 cm³/mol. The first-order chi connectivity index (χ1) is 7.38. The monoisotopic (exact) mass is 200 g/mol. The maximum atomic E-state index is 5.48. The van der Waals surface area contributed by atoms with E-state index in [9.17, 15) is 0 Å². The molecule has 1 nitrogen and oxygen atoms in total. The molecule has 0 N–H and O–H groups in total. The lowest BCUT2D eigenvalue weighted by Gasteiger charge is -2.23. The van der Waals surface area contributed by atoms with E-state index in [4.69, 9.17) is 4.74 Å². The Morgan fingerprint density at radius 3 is 3.00 bits per heavy atom. The van der Waals surface area contributed by atoms with E-state index in [-0.39, 0.29) is 0 Å². The van der Waals surface area contributed by atoms with Gasteiger partial charge in [-0.15, -0.1) is 0 Å². The van der Waals surface area contributed by atoms with Crippen molar-refractivity contribution in [1.29, 1.82) is 0 Å². The first kappa shape index (κ1) is 9.17. The fourth-order valence-corrected chi connectivity index (χ4v) is 2.86. The van der Waals surface area contributed by atoms with Gasteiger partial charge >= 0.3 is 0 Å². The lowest BCUT2D eigenvalue weighted by Crippen LogP contribution is -2.15. The standard InChI is InChI=1S/C14H16O/c1-15-12-7-6-11-8-10-4-2-3-5-13(10)14(11)9-12/h2-5,12H,6-9H2,1H3. The van der Waals surface area contributed by atoms with Gasteiger partial charge in [0.2, 0.25) is 0 Å². The van der Waals surface area contributed by atoms with Gasteiger partial charge in [0, 0.05) is 7.11 Å². The maximum Gasteiger partial charge on any atom is 0.0614 e. The first-order valence-corrected chi connectivity index (χ1v) is 5.70. The summed E-state index contributed by atoms with van der Waals surface area (Å²) in [6.45, 7) is 0. The van der Waals surface area contributed by atoms with E-state index in [2.05, 4.69) is 24.3 Å². The topological polar surface area (TPSA) is 9.23 Å². The molecule has 15 heavy (non-hydrogen) atoms. The van der Waals surface area contributed by atoms with Crippen LogP contribution in [0.4, 0.5) is 0 Å². The van der Waals surface area contributed by atoms with Crippen molar-refractivity contribution in [1.82, 2.24) is 0 Å². The minimum absolute atomic E-state index is 0.440. The van der Waals surface area contributed by atoms with Gasteiger partial charge in [0.1, 0.15) is 0 Å². The van der Waals surface area contributed by atoms with E-state index in [1.54, 1.807) is 11.1 Å². The smallest absolute Gasteiger partial charge is 0.0614 e. The van der Waals surface area contributed by atoms with Gasteiger partial charge in [-0.05, 0) is 42.4 Å². The Morgan fingerprint density at radius 2 is 2.13 bits per heavy atom. The number of hydrogen-bond donors (Lipinski definition) is 0. The largest absolute Gasteiger partial charge is 0.381 e. The van der Waals surface area contributed by atoms with Crippen molar-refractivity contribution in [3.8, 4) is 0 Å². The fourth-order valence-electron chi connectivity index (χ4n) is 2.86. The molecular weight excluding hydrogens is 184 g/mol. The maximum absolute atomic E-state index is 5.48. The third kappa shape index (κ3) is 1.42. The van der Waals surface area contributed by atoms with E-state index in [1.807, 2.05) is 7.11 Å². The second-order valence-corrected chi connectivity index (χ2v) is 4.52. The average molecular weight is 200 g/mol. The summed E-state index contributed by atoms with van der Waals surface area (Å²) in [5.74, 6) is 0. The Labute approximate surface area is 90.8 Å². The van der Waals surface area contributed by atoms with E-state index in [0.29, 0.717) is 6.10 Å². The molecule has 0 heterocycles. The van der Waals surface area contributed by atoms with Crippen LogP contribution in [-0.2, 0) is 11.2 Å². The number of hydrogen-bond acceptors (Lipinski definition) is 1. The Hall–Kier alpha value is -1.08. The van der Waals surface area contributed by atoms with Gasteiger partial charge < -0.3 is 4.74 Å². The van der Waals surface area contributed by atoms with Crippen molar-refractivity contribution >= 4 is 5.57 Å². The molecule has 0 saturated carbocycles. The number of allylic oxidation sites excluding steroid dienone is 1. The summed E-state index contributed by atoms with van der Waals surface area (Å²) < 4.78 is 5.48. The summed E-state index contributed by atoms with van der Waals surface area (Å²) in [4.78, 5) is 0. The number of fused-ring (bicyclic) bond motifs is 2. The van der Waals surface area contributed by atoms with Gasteiger partial charge in [-0.1, -0.05) is 29.8 Å². The van der Waals surface area contributed by atoms with Crippen molar-refractivity contribution in [3.63, 3.8) is 0 Å². The van der Waals surface area contributed by atoms with Crippen LogP contribution in [0.2, 0.25) is 0 Å². The van der Waals surface area contributed by atoms with Crippen LogP contribution in [0.25, 0.3) is 5.57 Å². The Kier molecular flexibility index (Phi) is 2.14. The van der Waals surface area contributed by atoms with Crippen LogP contribution in [0.1, 0.15) is 30.4 Å². The third-order valence-corrected chi connectivity index (χ3v) is 3.71. The van der Waals surface area contributed by atoms with Crippen LogP contribution in [0.15, 0.2) is 29.8 Å². The minimum atomic E-state index is 0.440. The van der Waals surface area contributed by atoms with E-state index in [0.717, 1.165) is 6.42 Å². The first-order valence-electron chi connectivity index (χ1n) is 5.70. The highest BCUT2D eigenvalue weighted by Crippen LogP contribution is 2.41. The van der Waals surface area contributed by atoms with Gasteiger partial charge in [0.05, 0.1) is 6.10 Å². The zero-order chi connectivity index (χ0) is 10.3.